The van der Waals surface area contributed by atoms with Crippen LogP contribution in [0, 0.1) is 5.92 Å². The molecule has 1 fully saturated rings. The molecule has 0 spiro atoms. The van der Waals surface area contributed by atoms with Crippen molar-refractivity contribution in [3.63, 3.8) is 0 Å². The van der Waals surface area contributed by atoms with Crippen molar-refractivity contribution < 1.29 is 13.2 Å². The topological polar surface area (TPSA) is 0 Å². The van der Waals surface area contributed by atoms with Gasteiger partial charge in [0.25, 0.3) is 0 Å². The summed E-state index contributed by atoms with van der Waals surface area (Å²) < 4.78 is 37.4. The molecule has 1 aromatic carbocycles. The molecular weight excluding hydrogens is 225 g/mol. The van der Waals surface area contributed by atoms with E-state index >= 15 is 0 Å². The highest BCUT2D eigenvalue weighted by molar-refractivity contribution is 5.30. The van der Waals surface area contributed by atoms with Gasteiger partial charge in [-0.25, -0.2) is 0 Å². The molecule has 0 amide bonds. The Morgan fingerprint density at radius 2 is 1.41 bits per heavy atom. The van der Waals surface area contributed by atoms with Gasteiger partial charge in [-0.2, -0.15) is 13.2 Å². The Bertz CT molecular complexity index is 383. The van der Waals surface area contributed by atoms with Crippen LogP contribution in [0.2, 0.25) is 0 Å². The Balaban J connectivity index is 2.23. The van der Waals surface area contributed by atoms with Crippen LogP contribution in [0.25, 0.3) is 0 Å². The lowest BCUT2D eigenvalue weighted by Gasteiger charge is -2.41. The lowest BCUT2D eigenvalue weighted by atomic mass is 9.64. The van der Waals surface area contributed by atoms with Crippen LogP contribution in [0.1, 0.15) is 44.2 Å². The van der Waals surface area contributed by atoms with E-state index in [9.17, 15) is 13.2 Å². The first kappa shape index (κ1) is 12.5. The molecule has 0 unspecified atom stereocenters. The normalized spacial score (nSPS) is 17.9. The van der Waals surface area contributed by atoms with E-state index in [1.165, 1.54) is 31.4 Å². The Morgan fingerprint density at radius 1 is 0.941 bits per heavy atom. The van der Waals surface area contributed by atoms with Crippen molar-refractivity contribution in [1.82, 2.24) is 0 Å². The van der Waals surface area contributed by atoms with E-state index in [-0.39, 0.29) is 5.41 Å². The fraction of sp³-hybridized carbons (Fsp3) is 0.571. The molecule has 17 heavy (non-hydrogen) atoms. The third-order valence-corrected chi connectivity index (χ3v) is 4.08. The zero-order valence-electron chi connectivity index (χ0n) is 10.1. The van der Waals surface area contributed by atoms with Crippen molar-refractivity contribution in [1.29, 1.82) is 0 Å². The highest BCUT2D eigenvalue weighted by atomic mass is 19.4. The second-order valence-corrected chi connectivity index (χ2v) is 5.42. The predicted molar refractivity (Wildman–Crippen MR) is 61.8 cm³/mol. The number of halogens is 3. The van der Waals surface area contributed by atoms with E-state index in [4.69, 9.17) is 0 Å². The maximum absolute atomic E-state index is 12.5. The van der Waals surface area contributed by atoms with Gasteiger partial charge in [0.1, 0.15) is 0 Å². The van der Waals surface area contributed by atoms with Gasteiger partial charge in [-0.3, -0.25) is 0 Å². The minimum atomic E-state index is -4.24. The molecule has 0 bridgehead atoms. The molecule has 3 heteroatoms. The summed E-state index contributed by atoms with van der Waals surface area (Å²) in [6.45, 7) is 4.25. The molecule has 0 N–H and O–H groups in total. The Kier molecular flexibility index (Phi) is 2.96. The van der Waals surface area contributed by atoms with Crippen molar-refractivity contribution in [2.24, 2.45) is 5.92 Å². The molecule has 1 aliphatic carbocycles. The fourth-order valence-electron chi connectivity index (χ4n) is 2.45. The van der Waals surface area contributed by atoms with Gasteiger partial charge in [0, 0.05) is 0 Å². The molecule has 94 valence electrons. The zero-order valence-corrected chi connectivity index (χ0v) is 10.1. The first-order chi connectivity index (χ1) is 7.82. The molecule has 0 saturated heterocycles. The van der Waals surface area contributed by atoms with Crippen LogP contribution in [0.4, 0.5) is 13.2 Å². The third kappa shape index (κ3) is 2.33. The summed E-state index contributed by atoms with van der Waals surface area (Å²) in [5.41, 5.74) is 0.434. The average Bonchev–Trinajstić information content (AvgIpc) is 2.13. The zero-order chi connectivity index (χ0) is 12.7. The van der Waals surface area contributed by atoms with Crippen LogP contribution >= 0.6 is 0 Å². The first-order valence-electron chi connectivity index (χ1n) is 5.99. The molecule has 0 nitrogen and oxygen atoms in total. The number of hydrogen-bond donors (Lipinski definition) is 0. The van der Waals surface area contributed by atoms with Crippen molar-refractivity contribution in [3.05, 3.63) is 35.4 Å². The Labute approximate surface area is 99.8 Å². The van der Waals surface area contributed by atoms with Gasteiger partial charge in [-0.1, -0.05) is 32.4 Å². The summed E-state index contributed by atoms with van der Waals surface area (Å²) in [6.07, 6.45) is -0.615. The largest absolute Gasteiger partial charge is 0.416 e. The molecule has 0 aliphatic heterocycles. The minimum Gasteiger partial charge on any atom is -0.166 e. The van der Waals surface area contributed by atoms with E-state index in [1.807, 2.05) is 0 Å². The maximum atomic E-state index is 12.5. The molecule has 0 radical (unpaired) electrons. The van der Waals surface area contributed by atoms with Crippen LogP contribution in [0.5, 0.6) is 0 Å². The van der Waals surface area contributed by atoms with Gasteiger partial charge >= 0.3 is 6.18 Å². The van der Waals surface area contributed by atoms with Gasteiger partial charge < -0.3 is 0 Å². The summed E-state index contributed by atoms with van der Waals surface area (Å²) in [5, 5.41) is 0. The van der Waals surface area contributed by atoms with Gasteiger partial charge in [-0.05, 0) is 41.9 Å². The number of benzene rings is 1. The molecular formula is C14H17F3. The third-order valence-electron chi connectivity index (χ3n) is 4.08. The number of rotatable bonds is 2. The lowest BCUT2D eigenvalue weighted by molar-refractivity contribution is -0.137. The molecule has 1 aromatic rings. The van der Waals surface area contributed by atoms with Crippen LogP contribution in [0.15, 0.2) is 24.3 Å². The Morgan fingerprint density at radius 3 is 1.76 bits per heavy atom. The lowest BCUT2D eigenvalue weighted by Crippen LogP contribution is -2.33. The Hall–Kier alpha value is -0.990. The molecule has 0 heterocycles. The summed E-state index contributed by atoms with van der Waals surface area (Å²) in [7, 11) is 0. The van der Waals surface area contributed by atoms with Gasteiger partial charge in [0.2, 0.25) is 0 Å². The molecule has 1 aliphatic rings. The minimum absolute atomic E-state index is 0.0115. The van der Waals surface area contributed by atoms with Crippen molar-refractivity contribution in [2.75, 3.05) is 0 Å². The smallest absolute Gasteiger partial charge is 0.166 e. The van der Waals surface area contributed by atoms with Crippen molar-refractivity contribution in [2.45, 2.75) is 44.7 Å². The van der Waals surface area contributed by atoms with E-state index in [1.54, 1.807) is 12.1 Å². The van der Waals surface area contributed by atoms with Gasteiger partial charge in [0.05, 0.1) is 5.56 Å². The standard InChI is InChI=1S/C14H17F3/c1-13(2,10-4-3-5-10)11-6-8-12(9-7-11)14(15,16)17/h6-10H,3-5H2,1-2H3. The summed E-state index contributed by atoms with van der Waals surface area (Å²) in [4.78, 5) is 0. The number of alkyl halides is 3. The van der Waals surface area contributed by atoms with Crippen LogP contribution < -0.4 is 0 Å². The van der Waals surface area contributed by atoms with E-state index in [2.05, 4.69) is 13.8 Å². The van der Waals surface area contributed by atoms with Crippen molar-refractivity contribution in [3.8, 4) is 0 Å². The first-order valence-corrected chi connectivity index (χ1v) is 5.99. The van der Waals surface area contributed by atoms with Crippen molar-refractivity contribution >= 4 is 0 Å². The fourth-order valence-corrected chi connectivity index (χ4v) is 2.45. The summed E-state index contributed by atoms with van der Waals surface area (Å²) in [6, 6.07) is 5.63. The monoisotopic (exact) mass is 242 g/mol. The number of hydrogen-bond acceptors (Lipinski definition) is 0. The summed E-state index contributed by atoms with van der Waals surface area (Å²) >= 11 is 0. The van der Waals surface area contributed by atoms with Gasteiger partial charge in [-0.15, -0.1) is 0 Å². The van der Waals surface area contributed by atoms with Gasteiger partial charge in [0.15, 0.2) is 0 Å². The summed E-state index contributed by atoms with van der Waals surface area (Å²) in [5.74, 6) is 0.610. The van der Waals surface area contributed by atoms with E-state index < -0.39 is 11.7 Å². The van der Waals surface area contributed by atoms with Crippen LogP contribution in [0.3, 0.4) is 0 Å². The van der Waals surface area contributed by atoms with Crippen LogP contribution in [-0.4, -0.2) is 0 Å². The highest BCUT2D eigenvalue weighted by Gasteiger charge is 2.36. The maximum Gasteiger partial charge on any atom is 0.416 e. The highest BCUT2D eigenvalue weighted by Crippen LogP contribution is 2.44. The molecule has 2 rings (SSSR count). The average molecular weight is 242 g/mol. The molecule has 0 aromatic heterocycles. The van der Waals surface area contributed by atoms with Crippen LogP contribution in [-0.2, 0) is 11.6 Å². The van der Waals surface area contributed by atoms with E-state index in [0.29, 0.717) is 5.92 Å². The SMILES string of the molecule is CC(C)(c1ccc(C(F)(F)F)cc1)C1CCC1. The quantitative estimate of drug-likeness (QED) is 0.700. The molecule has 0 atom stereocenters. The second kappa shape index (κ2) is 4.04. The second-order valence-electron chi connectivity index (χ2n) is 5.42. The predicted octanol–water partition coefficient (Wildman–Crippen LogP) is 4.78. The molecule has 1 saturated carbocycles. The van der Waals surface area contributed by atoms with E-state index in [0.717, 1.165) is 5.56 Å².